The lowest BCUT2D eigenvalue weighted by Crippen LogP contribution is -2.58. The largest absolute Gasteiger partial charge is 0.444 e. The fraction of sp³-hybridized carbons (Fsp3) is 0.571. The van der Waals surface area contributed by atoms with Crippen molar-refractivity contribution in [2.24, 2.45) is 0 Å². The SMILES string of the molecule is Cc1nc(Br)ccc1NC1CN(C(=O)OC(C)(C)C)C1. The summed E-state index contributed by atoms with van der Waals surface area (Å²) in [7, 11) is 0. The number of likely N-dealkylation sites (tertiary alicyclic amines) is 1. The average molecular weight is 342 g/mol. The summed E-state index contributed by atoms with van der Waals surface area (Å²) in [6.07, 6.45) is -0.249. The highest BCUT2D eigenvalue weighted by Crippen LogP contribution is 2.21. The Hall–Kier alpha value is -1.30. The molecule has 1 saturated heterocycles. The maximum absolute atomic E-state index is 11.8. The Morgan fingerprint density at radius 1 is 1.45 bits per heavy atom. The molecule has 0 unspecified atom stereocenters. The van der Waals surface area contributed by atoms with E-state index in [9.17, 15) is 4.79 Å². The summed E-state index contributed by atoms with van der Waals surface area (Å²) in [5.41, 5.74) is 1.50. The number of amides is 1. The number of rotatable bonds is 2. The molecule has 0 radical (unpaired) electrons. The maximum Gasteiger partial charge on any atom is 0.410 e. The summed E-state index contributed by atoms with van der Waals surface area (Å²) in [5.74, 6) is 0. The molecule has 0 aliphatic carbocycles. The average Bonchev–Trinajstić information content (AvgIpc) is 2.22. The summed E-state index contributed by atoms with van der Waals surface area (Å²) in [6.45, 7) is 8.89. The van der Waals surface area contributed by atoms with Crippen molar-refractivity contribution >= 4 is 27.7 Å². The van der Waals surface area contributed by atoms with Crippen molar-refractivity contribution in [3.05, 3.63) is 22.4 Å². The molecule has 0 spiro atoms. The van der Waals surface area contributed by atoms with Gasteiger partial charge in [-0.25, -0.2) is 9.78 Å². The van der Waals surface area contributed by atoms with Crippen molar-refractivity contribution in [3.8, 4) is 0 Å². The highest BCUT2D eigenvalue weighted by Gasteiger charge is 2.33. The number of carbonyl (C=O) groups is 1. The van der Waals surface area contributed by atoms with Crippen LogP contribution in [0.5, 0.6) is 0 Å². The Morgan fingerprint density at radius 3 is 2.65 bits per heavy atom. The fourth-order valence-corrected chi connectivity index (χ4v) is 2.35. The van der Waals surface area contributed by atoms with Crippen LogP contribution in [0.15, 0.2) is 16.7 Å². The number of ether oxygens (including phenoxy) is 1. The highest BCUT2D eigenvalue weighted by atomic mass is 79.9. The number of carbonyl (C=O) groups excluding carboxylic acids is 1. The second-order valence-electron chi connectivity index (χ2n) is 5.99. The first kappa shape index (κ1) is 15.1. The molecule has 1 amide bonds. The number of aromatic nitrogens is 1. The van der Waals surface area contributed by atoms with Crippen LogP contribution in [-0.2, 0) is 4.74 Å². The zero-order chi connectivity index (χ0) is 14.9. The summed E-state index contributed by atoms with van der Waals surface area (Å²) < 4.78 is 6.14. The molecular formula is C14H20BrN3O2. The molecule has 2 rings (SSSR count). The number of nitrogens with one attached hydrogen (secondary N) is 1. The summed E-state index contributed by atoms with van der Waals surface area (Å²) >= 11 is 3.34. The lowest BCUT2D eigenvalue weighted by molar-refractivity contribution is 0.0105. The van der Waals surface area contributed by atoms with E-state index in [1.807, 2.05) is 39.8 Å². The zero-order valence-electron chi connectivity index (χ0n) is 12.2. The number of hydrogen-bond acceptors (Lipinski definition) is 4. The molecule has 0 bridgehead atoms. The minimum absolute atomic E-state index is 0.249. The van der Waals surface area contributed by atoms with Gasteiger partial charge in [-0.05, 0) is 55.8 Å². The topological polar surface area (TPSA) is 54.5 Å². The van der Waals surface area contributed by atoms with E-state index in [0.717, 1.165) is 16.0 Å². The first-order chi connectivity index (χ1) is 9.24. The first-order valence-electron chi connectivity index (χ1n) is 6.62. The van der Waals surface area contributed by atoms with E-state index in [0.29, 0.717) is 13.1 Å². The third-order valence-electron chi connectivity index (χ3n) is 2.94. The van der Waals surface area contributed by atoms with Gasteiger partial charge in [0, 0.05) is 13.1 Å². The van der Waals surface area contributed by atoms with Gasteiger partial charge in [-0.3, -0.25) is 0 Å². The predicted molar refractivity (Wildman–Crippen MR) is 81.9 cm³/mol. The third-order valence-corrected chi connectivity index (χ3v) is 3.39. The van der Waals surface area contributed by atoms with E-state index >= 15 is 0 Å². The van der Waals surface area contributed by atoms with E-state index in [4.69, 9.17) is 4.74 Å². The van der Waals surface area contributed by atoms with Crippen molar-refractivity contribution in [3.63, 3.8) is 0 Å². The van der Waals surface area contributed by atoms with E-state index in [-0.39, 0.29) is 12.1 Å². The van der Waals surface area contributed by atoms with Crippen molar-refractivity contribution in [1.82, 2.24) is 9.88 Å². The molecule has 1 N–H and O–H groups in total. The molecule has 20 heavy (non-hydrogen) atoms. The summed E-state index contributed by atoms with van der Waals surface area (Å²) in [4.78, 5) is 17.8. The van der Waals surface area contributed by atoms with E-state index in [2.05, 4.69) is 26.2 Å². The van der Waals surface area contributed by atoms with Gasteiger partial charge in [-0.1, -0.05) is 0 Å². The molecule has 0 atom stereocenters. The number of pyridine rings is 1. The number of aryl methyl sites for hydroxylation is 1. The Balaban J connectivity index is 1.83. The fourth-order valence-electron chi connectivity index (χ4n) is 1.95. The Bertz CT molecular complexity index is 508. The highest BCUT2D eigenvalue weighted by molar-refractivity contribution is 9.10. The Labute approximate surface area is 127 Å². The number of hydrogen-bond donors (Lipinski definition) is 1. The monoisotopic (exact) mass is 341 g/mol. The molecular weight excluding hydrogens is 322 g/mol. The minimum atomic E-state index is -0.443. The predicted octanol–water partition coefficient (Wildman–Crippen LogP) is 3.18. The molecule has 1 aromatic rings. The smallest absolute Gasteiger partial charge is 0.410 e. The number of anilines is 1. The Morgan fingerprint density at radius 2 is 2.10 bits per heavy atom. The lowest BCUT2D eigenvalue weighted by Gasteiger charge is -2.40. The molecule has 1 aliphatic heterocycles. The van der Waals surface area contributed by atoms with Crippen LogP contribution in [0.25, 0.3) is 0 Å². The van der Waals surface area contributed by atoms with Crippen molar-refractivity contribution in [2.75, 3.05) is 18.4 Å². The van der Waals surface area contributed by atoms with E-state index in [1.165, 1.54) is 0 Å². The van der Waals surface area contributed by atoms with Gasteiger partial charge in [0.15, 0.2) is 0 Å². The number of nitrogens with zero attached hydrogens (tertiary/aromatic N) is 2. The van der Waals surface area contributed by atoms with Crippen LogP contribution in [0.2, 0.25) is 0 Å². The molecule has 6 heteroatoms. The molecule has 0 aromatic carbocycles. The van der Waals surface area contributed by atoms with Crippen LogP contribution < -0.4 is 5.32 Å². The maximum atomic E-state index is 11.8. The van der Waals surface area contributed by atoms with Crippen LogP contribution in [0.3, 0.4) is 0 Å². The van der Waals surface area contributed by atoms with Gasteiger partial charge in [0.2, 0.25) is 0 Å². The second kappa shape index (κ2) is 5.60. The molecule has 1 aromatic heterocycles. The first-order valence-corrected chi connectivity index (χ1v) is 7.41. The molecule has 0 saturated carbocycles. The van der Waals surface area contributed by atoms with Gasteiger partial charge < -0.3 is 15.0 Å². The van der Waals surface area contributed by atoms with Gasteiger partial charge >= 0.3 is 6.09 Å². The third kappa shape index (κ3) is 3.85. The van der Waals surface area contributed by atoms with Gasteiger partial charge in [-0.2, -0.15) is 0 Å². The van der Waals surface area contributed by atoms with Crippen molar-refractivity contribution in [1.29, 1.82) is 0 Å². The molecule has 1 fully saturated rings. The minimum Gasteiger partial charge on any atom is -0.444 e. The van der Waals surface area contributed by atoms with Crippen LogP contribution in [-0.4, -0.2) is 40.7 Å². The normalized spacial score (nSPS) is 15.8. The van der Waals surface area contributed by atoms with E-state index < -0.39 is 5.60 Å². The standard InChI is InChI=1S/C14H20BrN3O2/c1-9-11(5-6-12(15)16-9)17-10-7-18(8-10)13(19)20-14(2,3)4/h5-6,10,17H,7-8H2,1-4H3. The van der Waals surface area contributed by atoms with Gasteiger partial charge in [0.25, 0.3) is 0 Å². The van der Waals surface area contributed by atoms with Gasteiger partial charge in [0.1, 0.15) is 10.2 Å². The lowest BCUT2D eigenvalue weighted by atomic mass is 10.1. The molecule has 110 valence electrons. The zero-order valence-corrected chi connectivity index (χ0v) is 13.8. The van der Waals surface area contributed by atoms with Crippen molar-refractivity contribution < 1.29 is 9.53 Å². The summed E-state index contributed by atoms with van der Waals surface area (Å²) in [5, 5.41) is 3.39. The quantitative estimate of drug-likeness (QED) is 0.839. The van der Waals surface area contributed by atoms with E-state index in [1.54, 1.807) is 4.90 Å². The Kier molecular flexibility index (Phi) is 4.22. The second-order valence-corrected chi connectivity index (χ2v) is 6.81. The van der Waals surface area contributed by atoms with Crippen molar-refractivity contribution in [2.45, 2.75) is 39.3 Å². The molecule has 5 nitrogen and oxygen atoms in total. The summed E-state index contributed by atoms with van der Waals surface area (Å²) in [6, 6.07) is 4.14. The van der Waals surface area contributed by atoms with Crippen LogP contribution in [0.4, 0.5) is 10.5 Å². The molecule has 1 aliphatic rings. The molecule has 2 heterocycles. The van der Waals surface area contributed by atoms with Crippen LogP contribution >= 0.6 is 15.9 Å². The van der Waals surface area contributed by atoms with Crippen LogP contribution in [0, 0.1) is 6.92 Å². The number of halogens is 1. The van der Waals surface area contributed by atoms with Crippen LogP contribution in [0.1, 0.15) is 26.5 Å². The van der Waals surface area contributed by atoms with Gasteiger partial charge in [0.05, 0.1) is 17.4 Å². The van der Waals surface area contributed by atoms with Gasteiger partial charge in [-0.15, -0.1) is 0 Å².